The van der Waals surface area contributed by atoms with Crippen molar-refractivity contribution in [2.45, 2.75) is 31.7 Å². The number of amides is 2. The molecule has 0 bridgehead atoms. The summed E-state index contributed by atoms with van der Waals surface area (Å²) in [7, 11) is 1.68. The van der Waals surface area contributed by atoms with Crippen molar-refractivity contribution in [3.05, 3.63) is 28.7 Å². The Hall–Kier alpha value is -2.90. The predicted octanol–water partition coefficient (Wildman–Crippen LogP) is 0.487. The average molecular weight is 356 g/mol. The maximum atomic E-state index is 12.7. The maximum Gasteiger partial charge on any atom is 0.329 e. The SMILES string of the molecule is Cn1c(=O)n(C2CCC(=O)NC2=O)c2ccc(N3CCC(=O)CC3)cc21. The number of benzene rings is 1. The molecule has 1 aromatic carbocycles. The highest BCUT2D eigenvalue weighted by molar-refractivity contribution is 6.00. The minimum atomic E-state index is -0.678. The van der Waals surface area contributed by atoms with E-state index < -0.39 is 11.9 Å². The summed E-state index contributed by atoms with van der Waals surface area (Å²) in [4.78, 5) is 49.9. The van der Waals surface area contributed by atoms with E-state index >= 15 is 0 Å². The highest BCUT2D eigenvalue weighted by Crippen LogP contribution is 2.27. The summed E-state index contributed by atoms with van der Waals surface area (Å²) >= 11 is 0. The zero-order valence-electron chi connectivity index (χ0n) is 14.5. The van der Waals surface area contributed by atoms with Gasteiger partial charge in [0.15, 0.2) is 0 Å². The quantitative estimate of drug-likeness (QED) is 0.791. The lowest BCUT2D eigenvalue weighted by Crippen LogP contribution is -2.44. The van der Waals surface area contributed by atoms with Gasteiger partial charge in [0.2, 0.25) is 11.8 Å². The Kier molecular flexibility index (Phi) is 3.90. The first kappa shape index (κ1) is 16.6. The lowest BCUT2D eigenvalue weighted by atomic mass is 10.1. The van der Waals surface area contributed by atoms with E-state index in [1.807, 2.05) is 18.2 Å². The summed E-state index contributed by atoms with van der Waals surface area (Å²) in [5.41, 5.74) is 2.08. The largest absolute Gasteiger partial charge is 0.371 e. The van der Waals surface area contributed by atoms with Crippen LogP contribution >= 0.6 is 0 Å². The van der Waals surface area contributed by atoms with Crippen LogP contribution in [0.3, 0.4) is 0 Å². The smallest absolute Gasteiger partial charge is 0.329 e. The third-order valence-corrected chi connectivity index (χ3v) is 5.28. The van der Waals surface area contributed by atoms with Gasteiger partial charge in [-0.15, -0.1) is 0 Å². The fourth-order valence-corrected chi connectivity index (χ4v) is 3.79. The minimum Gasteiger partial charge on any atom is -0.371 e. The van der Waals surface area contributed by atoms with Gasteiger partial charge in [0, 0.05) is 45.1 Å². The molecule has 8 nitrogen and oxygen atoms in total. The number of piperidine rings is 2. The Balaban J connectivity index is 1.75. The number of anilines is 1. The average Bonchev–Trinajstić information content (AvgIpc) is 2.87. The van der Waals surface area contributed by atoms with E-state index in [9.17, 15) is 19.2 Å². The van der Waals surface area contributed by atoms with E-state index in [0.717, 1.165) is 11.2 Å². The molecule has 1 atom stereocenters. The number of rotatable bonds is 2. The third-order valence-electron chi connectivity index (χ3n) is 5.28. The summed E-state index contributed by atoms with van der Waals surface area (Å²) in [6, 6.07) is 5.00. The van der Waals surface area contributed by atoms with Crippen molar-refractivity contribution in [1.29, 1.82) is 0 Å². The van der Waals surface area contributed by atoms with Crippen LogP contribution in [0.2, 0.25) is 0 Å². The van der Waals surface area contributed by atoms with Gasteiger partial charge in [0.05, 0.1) is 11.0 Å². The summed E-state index contributed by atoms with van der Waals surface area (Å²) in [5.74, 6) is -0.463. The number of Topliss-reactive ketones (excluding diaryl/α,β-unsaturated/α-hetero) is 1. The van der Waals surface area contributed by atoms with Gasteiger partial charge in [0.1, 0.15) is 11.8 Å². The molecule has 26 heavy (non-hydrogen) atoms. The fraction of sp³-hybridized carbons (Fsp3) is 0.444. The predicted molar refractivity (Wildman–Crippen MR) is 95.1 cm³/mol. The molecule has 0 spiro atoms. The molecule has 2 amide bonds. The second-order valence-electron chi connectivity index (χ2n) is 6.88. The lowest BCUT2D eigenvalue weighted by Gasteiger charge is -2.28. The van der Waals surface area contributed by atoms with E-state index in [0.29, 0.717) is 37.9 Å². The van der Waals surface area contributed by atoms with Crippen LogP contribution in [0.25, 0.3) is 11.0 Å². The third kappa shape index (κ3) is 2.61. The molecule has 136 valence electrons. The fourth-order valence-electron chi connectivity index (χ4n) is 3.79. The zero-order valence-corrected chi connectivity index (χ0v) is 14.5. The number of nitrogens with one attached hydrogen (secondary N) is 1. The highest BCUT2D eigenvalue weighted by atomic mass is 16.2. The van der Waals surface area contributed by atoms with Crippen LogP contribution in [0.4, 0.5) is 5.69 Å². The van der Waals surface area contributed by atoms with Gasteiger partial charge < -0.3 is 4.90 Å². The van der Waals surface area contributed by atoms with Crippen molar-refractivity contribution < 1.29 is 14.4 Å². The molecule has 2 saturated heterocycles. The monoisotopic (exact) mass is 356 g/mol. The number of hydrogen-bond acceptors (Lipinski definition) is 5. The molecule has 0 aliphatic carbocycles. The lowest BCUT2D eigenvalue weighted by molar-refractivity contribution is -0.135. The van der Waals surface area contributed by atoms with E-state index in [1.54, 1.807) is 7.05 Å². The van der Waals surface area contributed by atoms with Gasteiger partial charge in [0.25, 0.3) is 0 Å². The molecule has 8 heteroatoms. The van der Waals surface area contributed by atoms with Crippen molar-refractivity contribution in [3.63, 3.8) is 0 Å². The molecular formula is C18H20N4O4. The number of imide groups is 1. The van der Waals surface area contributed by atoms with Crippen LogP contribution in [0.1, 0.15) is 31.7 Å². The second-order valence-corrected chi connectivity index (χ2v) is 6.88. The number of carbonyl (C=O) groups excluding carboxylic acids is 3. The first-order valence-electron chi connectivity index (χ1n) is 8.77. The van der Waals surface area contributed by atoms with E-state index in [2.05, 4.69) is 10.2 Å². The van der Waals surface area contributed by atoms with E-state index in [-0.39, 0.29) is 23.8 Å². The molecule has 1 unspecified atom stereocenters. The molecule has 1 aromatic heterocycles. The van der Waals surface area contributed by atoms with Gasteiger partial charge in [-0.3, -0.25) is 28.8 Å². The number of ketones is 1. The Labute approximate surface area is 149 Å². The normalized spacial score (nSPS) is 21.3. The van der Waals surface area contributed by atoms with Crippen LogP contribution in [0.15, 0.2) is 23.0 Å². The molecule has 2 aromatic rings. The summed E-state index contributed by atoms with van der Waals surface area (Å²) in [5, 5.41) is 2.31. The number of aryl methyl sites for hydroxylation is 1. The molecule has 1 N–H and O–H groups in total. The van der Waals surface area contributed by atoms with E-state index in [4.69, 9.17) is 0 Å². The number of nitrogens with zero attached hydrogens (tertiary/aromatic N) is 3. The van der Waals surface area contributed by atoms with Crippen molar-refractivity contribution >= 4 is 34.3 Å². The second kappa shape index (κ2) is 6.12. The summed E-state index contributed by atoms with van der Waals surface area (Å²) in [6.07, 6.45) is 1.61. The first-order chi connectivity index (χ1) is 12.5. The molecule has 3 heterocycles. The van der Waals surface area contributed by atoms with Gasteiger partial charge in [-0.1, -0.05) is 0 Å². The van der Waals surface area contributed by atoms with Crippen molar-refractivity contribution in [2.24, 2.45) is 7.05 Å². The number of imidazole rings is 1. The first-order valence-corrected chi connectivity index (χ1v) is 8.77. The van der Waals surface area contributed by atoms with Crippen LogP contribution < -0.4 is 15.9 Å². The molecule has 4 rings (SSSR count). The van der Waals surface area contributed by atoms with Crippen LogP contribution in [0.5, 0.6) is 0 Å². The Morgan fingerprint density at radius 2 is 1.73 bits per heavy atom. The summed E-state index contributed by atoms with van der Waals surface area (Å²) < 4.78 is 3.00. The molecule has 0 radical (unpaired) electrons. The van der Waals surface area contributed by atoms with E-state index in [1.165, 1.54) is 9.13 Å². The number of carbonyl (C=O) groups is 3. The number of hydrogen-bond donors (Lipinski definition) is 1. The van der Waals surface area contributed by atoms with Crippen LogP contribution in [-0.4, -0.2) is 39.8 Å². The van der Waals surface area contributed by atoms with Gasteiger partial charge >= 0.3 is 5.69 Å². The molecule has 2 aliphatic heterocycles. The van der Waals surface area contributed by atoms with Gasteiger partial charge in [-0.05, 0) is 24.6 Å². The Morgan fingerprint density at radius 3 is 2.42 bits per heavy atom. The minimum absolute atomic E-state index is 0.221. The maximum absolute atomic E-state index is 12.7. The van der Waals surface area contributed by atoms with Crippen molar-refractivity contribution in [3.8, 4) is 0 Å². The Morgan fingerprint density at radius 1 is 1.00 bits per heavy atom. The molecule has 2 fully saturated rings. The van der Waals surface area contributed by atoms with Gasteiger partial charge in [-0.25, -0.2) is 4.79 Å². The summed E-state index contributed by atoms with van der Waals surface area (Å²) in [6.45, 7) is 1.35. The molecular weight excluding hydrogens is 336 g/mol. The standard InChI is InChI=1S/C18H20N4O4/c1-20-15-10-11(21-8-6-12(23)7-9-21)2-3-13(15)22(18(20)26)14-4-5-16(24)19-17(14)25/h2-3,10,14H,4-9H2,1H3,(H,19,24,25). The van der Waals surface area contributed by atoms with Gasteiger partial charge in [-0.2, -0.15) is 0 Å². The van der Waals surface area contributed by atoms with Crippen molar-refractivity contribution in [1.82, 2.24) is 14.5 Å². The zero-order chi connectivity index (χ0) is 18.4. The molecule has 2 aliphatic rings. The highest BCUT2D eigenvalue weighted by Gasteiger charge is 2.31. The van der Waals surface area contributed by atoms with Crippen molar-refractivity contribution in [2.75, 3.05) is 18.0 Å². The number of fused-ring (bicyclic) bond motifs is 1. The Bertz CT molecular complexity index is 977. The van der Waals surface area contributed by atoms with Crippen LogP contribution in [-0.2, 0) is 21.4 Å². The topological polar surface area (TPSA) is 93.4 Å². The molecule has 0 saturated carbocycles. The number of aromatic nitrogens is 2. The van der Waals surface area contributed by atoms with Crippen LogP contribution in [0, 0.1) is 0 Å².